The number of amides is 1. The van der Waals surface area contributed by atoms with E-state index in [1.54, 1.807) is 7.11 Å². The van der Waals surface area contributed by atoms with Crippen molar-refractivity contribution in [3.63, 3.8) is 0 Å². The highest BCUT2D eigenvalue weighted by Crippen LogP contribution is 2.25. The minimum Gasteiger partial charge on any atom is -0.377 e. The number of likely N-dealkylation sites (tertiary alicyclic amines) is 1. The lowest BCUT2D eigenvalue weighted by Gasteiger charge is -2.40. The zero-order valence-electron chi connectivity index (χ0n) is 11.4. The Morgan fingerprint density at radius 2 is 2.29 bits per heavy atom. The third-order valence-electron chi connectivity index (χ3n) is 3.73. The molecule has 0 aromatic rings. The summed E-state index contributed by atoms with van der Waals surface area (Å²) in [5.74, 6) is 0.333. The van der Waals surface area contributed by atoms with E-state index in [-0.39, 0.29) is 17.4 Å². The van der Waals surface area contributed by atoms with E-state index in [1.165, 1.54) is 0 Å². The van der Waals surface area contributed by atoms with Crippen LogP contribution in [-0.2, 0) is 9.53 Å². The number of hydrogen-bond donors (Lipinski definition) is 1. The maximum Gasteiger partial charge on any atom is 0.225 e. The van der Waals surface area contributed by atoms with Crippen molar-refractivity contribution >= 4 is 5.91 Å². The molecule has 1 heterocycles. The number of ether oxygens (including phenoxy) is 1. The molecule has 1 aliphatic heterocycles. The summed E-state index contributed by atoms with van der Waals surface area (Å²) in [4.78, 5) is 14.2. The fourth-order valence-electron chi connectivity index (χ4n) is 2.42. The molecule has 1 fully saturated rings. The molecule has 1 amide bonds. The van der Waals surface area contributed by atoms with Gasteiger partial charge in [-0.3, -0.25) is 4.79 Å². The maximum atomic E-state index is 12.2. The summed E-state index contributed by atoms with van der Waals surface area (Å²) >= 11 is 0. The Kier molecular flexibility index (Phi) is 5.40. The van der Waals surface area contributed by atoms with Crippen molar-refractivity contribution in [3.05, 3.63) is 0 Å². The van der Waals surface area contributed by atoms with Crippen molar-refractivity contribution in [3.8, 4) is 0 Å². The van der Waals surface area contributed by atoms with E-state index in [1.807, 2.05) is 11.8 Å². The quantitative estimate of drug-likeness (QED) is 0.792. The largest absolute Gasteiger partial charge is 0.377 e. The van der Waals surface area contributed by atoms with Crippen LogP contribution in [0.3, 0.4) is 0 Å². The Bertz CT molecular complexity index is 258. The summed E-state index contributed by atoms with van der Waals surface area (Å²) in [5, 5.41) is 0. The number of carbonyl (C=O) groups excluding carboxylic acids is 1. The van der Waals surface area contributed by atoms with Crippen LogP contribution in [-0.4, -0.2) is 43.2 Å². The van der Waals surface area contributed by atoms with Gasteiger partial charge in [0.1, 0.15) is 0 Å². The highest BCUT2D eigenvalue weighted by Gasteiger charge is 2.34. The summed E-state index contributed by atoms with van der Waals surface area (Å²) in [6.45, 7) is 6.32. The first-order valence-electron chi connectivity index (χ1n) is 6.56. The summed E-state index contributed by atoms with van der Waals surface area (Å²) < 4.78 is 5.51. The molecule has 17 heavy (non-hydrogen) atoms. The molecule has 0 saturated carbocycles. The summed E-state index contributed by atoms with van der Waals surface area (Å²) in [6.07, 6.45) is 3.86. The summed E-state index contributed by atoms with van der Waals surface area (Å²) in [7, 11) is 1.73. The van der Waals surface area contributed by atoms with Crippen LogP contribution in [0.5, 0.6) is 0 Å². The maximum absolute atomic E-state index is 12.2. The second kappa shape index (κ2) is 6.36. The molecule has 100 valence electrons. The van der Waals surface area contributed by atoms with Crippen LogP contribution in [0, 0.1) is 5.92 Å². The molecule has 1 rings (SSSR count). The van der Waals surface area contributed by atoms with Gasteiger partial charge in [0.15, 0.2) is 0 Å². The molecule has 1 aliphatic rings. The third-order valence-corrected chi connectivity index (χ3v) is 3.73. The number of nitrogens with two attached hydrogens (primary N) is 1. The zero-order chi connectivity index (χ0) is 12.9. The van der Waals surface area contributed by atoms with Gasteiger partial charge in [-0.2, -0.15) is 0 Å². The van der Waals surface area contributed by atoms with Crippen molar-refractivity contribution in [1.82, 2.24) is 4.90 Å². The van der Waals surface area contributed by atoms with E-state index in [4.69, 9.17) is 10.5 Å². The van der Waals surface area contributed by atoms with Crippen LogP contribution in [0.2, 0.25) is 0 Å². The van der Waals surface area contributed by atoms with Crippen LogP contribution in [0.25, 0.3) is 0 Å². The van der Waals surface area contributed by atoms with Gasteiger partial charge in [0.05, 0.1) is 5.60 Å². The van der Waals surface area contributed by atoms with E-state index in [2.05, 4.69) is 6.92 Å². The first-order valence-corrected chi connectivity index (χ1v) is 6.56. The highest BCUT2D eigenvalue weighted by molar-refractivity contribution is 5.78. The molecule has 0 aliphatic carbocycles. The van der Waals surface area contributed by atoms with Gasteiger partial charge >= 0.3 is 0 Å². The minimum absolute atomic E-state index is 0.0813. The van der Waals surface area contributed by atoms with Crippen molar-refractivity contribution in [2.45, 2.75) is 45.1 Å². The molecule has 0 radical (unpaired) electrons. The zero-order valence-corrected chi connectivity index (χ0v) is 11.4. The van der Waals surface area contributed by atoms with Gasteiger partial charge in [-0.15, -0.1) is 0 Å². The first-order chi connectivity index (χ1) is 8.02. The molecule has 4 heteroatoms. The molecule has 2 unspecified atom stereocenters. The van der Waals surface area contributed by atoms with E-state index >= 15 is 0 Å². The molecule has 0 aromatic carbocycles. The van der Waals surface area contributed by atoms with E-state index in [9.17, 15) is 4.79 Å². The van der Waals surface area contributed by atoms with Crippen molar-refractivity contribution in [1.29, 1.82) is 0 Å². The standard InChI is InChI=1S/C13H26N2O2/c1-11(6-4-8-14)12(16)15-9-5-7-13(2,10-15)17-3/h11H,4-10,14H2,1-3H3. The fraction of sp³-hybridized carbons (Fsp3) is 0.923. The van der Waals surface area contributed by atoms with Crippen LogP contribution in [0.1, 0.15) is 39.5 Å². The summed E-state index contributed by atoms with van der Waals surface area (Å²) in [6, 6.07) is 0. The van der Waals surface area contributed by atoms with E-state index in [0.717, 1.165) is 38.8 Å². The fourth-order valence-corrected chi connectivity index (χ4v) is 2.42. The molecule has 2 N–H and O–H groups in total. The molecule has 2 atom stereocenters. The molecular formula is C13H26N2O2. The first kappa shape index (κ1) is 14.5. The number of rotatable bonds is 5. The molecule has 1 saturated heterocycles. The minimum atomic E-state index is -0.165. The Hall–Kier alpha value is -0.610. The monoisotopic (exact) mass is 242 g/mol. The molecular weight excluding hydrogens is 216 g/mol. The third kappa shape index (κ3) is 3.96. The highest BCUT2D eigenvalue weighted by atomic mass is 16.5. The predicted octanol–water partition coefficient (Wildman–Crippen LogP) is 1.39. The number of piperidine rings is 1. The van der Waals surface area contributed by atoms with Gasteiger partial charge in [-0.25, -0.2) is 0 Å². The number of hydrogen-bond acceptors (Lipinski definition) is 3. The normalized spacial score (nSPS) is 26.9. The van der Waals surface area contributed by atoms with Crippen LogP contribution in [0.15, 0.2) is 0 Å². The average molecular weight is 242 g/mol. The number of carbonyl (C=O) groups is 1. The Morgan fingerprint density at radius 3 is 2.88 bits per heavy atom. The predicted molar refractivity (Wildman–Crippen MR) is 68.7 cm³/mol. The number of nitrogens with zero attached hydrogens (tertiary/aromatic N) is 1. The molecule has 0 bridgehead atoms. The second-order valence-electron chi connectivity index (χ2n) is 5.35. The van der Waals surface area contributed by atoms with Gasteiger partial charge in [0.2, 0.25) is 5.91 Å². The smallest absolute Gasteiger partial charge is 0.225 e. The lowest BCUT2D eigenvalue weighted by Crippen LogP contribution is -2.51. The van der Waals surface area contributed by atoms with Gasteiger partial charge in [0.25, 0.3) is 0 Å². The average Bonchev–Trinajstić information content (AvgIpc) is 2.35. The Morgan fingerprint density at radius 1 is 1.59 bits per heavy atom. The Labute approximate surface area is 104 Å². The second-order valence-corrected chi connectivity index (χ2v) is 5.35. The van der Waals surface area contributed by atoms with Crippen LogP contribution < -0.4 is 5.73 Å². The SMILES string of the molecule is COC1(C)CCCN(C(=O)C(C)CCCN)C1. The molecule has 0 aromatic heterocycles. The summed E-state index contributed by atoms with van der Waals surface area (Å²) in [5.41, 5.74) is 5.31. The number of methoxy groups -OCH3 is 1. The van der Waals surface area contributed by atoms with Crippen molar-refractivity contribution in [2.24, 2.45) is 11.7 Å². The van der Waals surface area contributed by atoms with Crippen LogP contribution >= 0.6 is 0 Å². The van der Waals surface area contributed by atoms with Crippen molar-refractivity contribution < 1.29 is 9.53 Å². The Balaban J connectivity index is 2.51. The van der Waals surface area contributed by atoms with Gasteiger partial charge < -0.3 is 15.4 Å². The topological polar surface area (TPSA) is 55.6 Å². The van der Waals surface area contributed by atoms with Crippen LogP contribution in [0.4, 0.5) is 0 Å². The van der Waals surface area contributed by atoms with Crippen molar-refractivity contribution in [2.75, 3.05) is 26.7 Å². The van der Waals surface area contributed by atoms with Gasteiger partial charge in [-0.05, 0) is 39.2 Å². The molecule has 4 nitrogen and oxygen atoms in total. The lowest BCUT2D eigenvalue weighted by atomic mass is 9.93. The molecule has 0 spiro atoms. The lowest BCUT2D eigenvalue weighted by molar-refractivity contribution is -0.143. The van der Waals surface area contributed by atoms with Gasteiger partial charge in [0, 0.05) is 26.1 Å². The van der Waals surface area contributed by atoms with E-state index in [0.29, 0.717) is 6.54 Å². The van der Waals surface area contributed by atoms with Gasteiger partial charge in [-0.1, -0.05) is 6.92 Å². The van der Waals surface area contributed by atoms with E-state index < -0.39 is 0 Å².